The minimum absolute atomic E-state index is 0.0126. The van der Waals surface area contributed by atoms with Gasteiger partial charge in [-0.1, -0.05) is 20.1 Å². The van der Waals surface area contributed by atoms with Gasteiger partial charge in [-0.2, -0.15) is 0 Å². The zero-order valence-corrected chi connectivity index (χ0v) is 30.2. The van der Waals surface area contributed by atoms with E-state index in [1.165, 1.54) is 0 Å². The first-order valence-corrected chi connectivity index (χ1v) is 20.0. The van der Waals surface area contributed by atoms with Gasteiger partial charge in [-0.05, 0) is 62.0 Å². The van der Waals surface area contributed by atoms with E-state index >= 15 is 0 Å². The van der Waals surface area contributed by atoms with E-state index in [0.29, 0.717) is 31.6 Å². The highest BCUT2D eigenvalue weighted by Crippen LogP contribution is 2.54. The molecule has 0 aromatic carbocycles. The van der Waals surface area contributed by atoms with Crippen molar-refractivity contribution in [2.75, 3.05) is 13.7 Å². The molecule has 0 amide bonds. The van der Waals surface area contributed by atoms with Crippen LogP contribution in [-0.4, -0.2) is 123 Å². The lowest BCUT2D eigenvalue weighted by Crippen LogP contribution is -2.61. The molecule has 0 aromatic heterocycles. The van der Waals surface area contributed by atoms with Crippen LogP contribution in [0.2, 0.25) is 0 Å². The topological polar surface area (TPSA) is 113 Å². The molecule has 11 nitrogen and oxygen atoms in total. The number of rotatable bonds is 3. The van der Waals surface area contributed by atoms with Gasteiger partial charge in [0.15, 0.2) is 5.79 Å². The van der Waals surface area contributed by atoms with Crippen LogP contribution in [0.25, 0.3) is 0 Å². The summed E-state index contributed by atoms with van der Waals surface area (Å²) in [4.78, 5) is 14.1. The first kappa shape index (κ1) is 34.3. The molecule has 13 unspecified atom stereocenters. The minimum atomic E-state index is -0.758. The van der Waals surface area contributed by atoms with E-state index in [1.54, 1.807) is 7.11 Å². The van der Waals surface area contributed by atoms with Crippen LogP contribution in [0, 0.1) is 11.8 Å². The number of carbonyl (C=O) groups excluding carboxylic acids is 1. The van der Waals surface area contributed by atoms with Crippen molar-refractivity contribution in [1.29, 1.82) is 0 Å². The largest absolute Gasteiger partial charge is 0.378 e. The van der Waals surface area contributed by atoms with Gasteiger partial charge in [0.2, 0.25) is 0 Å². The molecule has 11 heteroatoms. The number of ketones is 1. The molecule has 11 fully saturated rings. The average molecular weight is 713 g/mol. The van der Waals surface area contributed by atoms with Crippen molar-refractivity contribution in [1.82, 2.24) is 0 Å². The predicted octanol–water partition coefficient (Wildman–Crippen LogP) is 4.52. The fraction of sp³-hybridized carbons (Fsp3) is 0.875. The van der Waals surface area contributed by atoms with Crippen LogP contribution in [0.4, 0.5) is 0 Å². The lowest BCUT2D eigenvalue weighted by molar-refractivity contribution is -0.292. The highest BCUT2D eigenvalue weighted by Gasteiger charge is 2.68. The van der Waals surface area contributed by atoms with Gasteiger partial charge in [0.05, 0.1) is 73.8 Å². The summed E-state index contributed by atoms with van der Waals surface area (Å²) in [5.41, 5.74) is 2.28. The molecule has 19 atom stereocenters. The van der Waals surface area contributed by atoms with Crippen LogP contribution in [0.5, 0.6) is 0 Å². The summed E-state index contributed by atoms with van der Waals surface area (Å²) < 4.78 is 65.9. The summed E-state index contributed by atoms with van der Waals surface area (Å²) in [5, 5.41) is 0. The number of carbonyl (C=O) groups is 1. The quantitative estimate of drug-likeness (QED) is 0.304. The molecule has 11 saturated heterocycles. The van der Waals surface area contributed by atoms with E-state index in [4.69, 9.17) is 47.4 Å². The highest BCUT2D eigenvalue weighted by molar-refractivity contribution is 5.79. The molecule has 0 aromatic rings. The second-order valence-corrected chi connectivity index (χ2v) is 17.5. The van der Waals surface area contributed by atoms with E-state index in [9.17, 15) is 4.79 Å². The third-order valence-corrected chi connectivity index (χ3v) is 14.1. The molecule has 11 aliphatic heterocycles. The number of fused-ring (bicyclic) bond motifs is 6. The van der Waals surface area contributed by atoms with Gasteiger partial charge in [0.1, 0.15) is 36.3 Å². The van der Waals surface area contributed by atoms with E-state index < -0.39 is 5.79 Å². The average Bonchev–Trinajstić information content (AvgIpc) is 3.56. The summed E-state index contributed by atoms with van der Waals surface area (Å²) in [6.45, 7) is 12.0. The Balaban J connectivity index is 0.931. The van der Waals surface area contributed by atoms with Gasteiger partial charge in [-0.15, -0.1) is 0 Å². The van der Waals surface area contributed by atoms with E-state index in [0.717, 1.165) is 75.5 Å². The Hall–Kier alpha value is -1.25. The number of epoxide rings is 1. The molecule has 11 aliphatic rings. The van der Waals surface area contributed by atoms with Crippen molar-refractivity contribution in [2.45, 2.75) is 194 Å². The van der Waals surface area contributed by atoms with Crippen LogP contribution >= 0.6 is 0 Å². The Morgan fingerprint density at radius 1 is 0.745 bits per heavy atom. The van der Waals surface area contributed by atoms with Crippen LogP contribution in [0.3, 0.4) is 0 Å². The molecule has 0 N–H and O–H groups in total. The van der Waals surface area contributed by atoms with E-state index in [1.807, 2.05) is 0 Å². The third kappa shape index (κ3) is 6.23. The second kappa shape index (κ2) is 13.2. The van der Waals surface area contributed by atoms with Crippen LogP contribution in [0.1, 0.15) is 90.4 Å². The van der Waals surface area contributed by atoms with Crippen molar-refractivity contribution in [3.8, 4) is 0 Å². The maximum Gasteiger partial charge on any atom is 0.172 e. The fourth-order valence-electron chi connectivity index (χ4n) is 11.4. The molecular weight excluding hydrogens is 656 g/mol. The fourth-order valence-corrected chi connectivity index (χ4v) is 11.4. The Bertz CT molecular complexity index is 1380. The molecule has 0 saturated carbocycles. The van der Waals surface area contributed by atoms with Gasteiger partial charge in [-0.25, -0.2) is 0 Å². The zero-order valence-electron chi connectivity index (χ0n) is 30.2. The molecular formula is C40H56O11. The summed E-state index contributed by atoms with van der Waals surface area (Å²) in [6.07, 6.45) is 7.65. The Kier molecular flexibility index (Phi) is 8.87. The van der Waals surface area contributed by atoms with Gasteiger partial charge >= 0.3 is 0 Å². The van der Waals surface area contributed by atoms with Crippen molar-refractivity contribution in [3.05, 3.63) is 24.3 Å². The zero-order chi connectivity index (χ0) is 34.6. The van der Waals surface area contributed by atoms with Gasteiger partial charge < -0.3 is 47.4 Å². The normalized spacial score (nSPS) is 55.1. The highest BCUT2D eigenvalue weighted by atomic mass is 16.8. The summed E-state index contributed by atoms with van der Waals surface area (Å²) in [5.74, 6) is -0.359. The Labute approximate surface area is 301 Å². The molecule has 11 rings (SSSR count). The van der Waals surface area contributed by atoms with Gasteiger partial charge in [-0.3, -0.25) is 4.79 Å². The summed E-state index contributed by atoms with van der Waals surface area (Å²) in [7, 11) is 1.74. The molecule has 282 valence electrons. The van der Waals surface area contributed by atoms with E-state index in [2.05, 4.69) is 20.1 Å². The molecule has 0 radical (unpaired) electrons. The summed E-state index contributed by atoms with van der Waals surface area (Å²) in [6, 6.07) is 0. The van der Waals surface area contributed by atoms with Crippen LogP contribution in [-0.2, 0) is 52.2 Å². The number of hydrogen-bond donors (Lipinski definition) is 0. The molecule has 1 spiro atoms. The van der Waals surface area contributed by atoms with Gasteiger partial charge in [0, 0.05) is 51.6 Å². The maximum absolute atomic E-state index is 14.1. The first-order valence-electron chi connectivity index (χ1n) is 20.0. The molecule has 11 heterocycles. The maximum atomic E-state index is 14.1. The lowest BCUT2D eigenvalue weighted by atomic mass is 9.81. The number of ether oxygens (including phenoxy) is 10. The lowest BCUT2D eigenvalue weighted by Gasteiger charge is -2.47. The van der Waals surface area contributed by atoms with Crippen molar-refractivity contribution in [3.63, 3.8) is 0 Å². The second-order valence-electron chi connectivity index (χ2n) is 17.5. The van der Waals surface area contributed by atoms with Crippen LogP contribution in [0.15, 0.2) is 24.3 Å². The van der Waals surface area contributed by atoms with Gasteiger partial charge in [0.25, 0.3) is 0 Å². The number of methoxy groups -OCH3 is 1. The molecule has 0 aliphatic carbocycles. The van der Waals surface area contributed by atoms with Crippen molar-refractivity contribution >= 4 is 5.78 Å². The van der Waals surface area contributed by atoms with Crippen molar-refractivity contribution in [2.24, 2.45) is 11.8 Å². The number of Topliss-reactive ketones (excluding diaryl/α,β-unsaturated/α-hetero) is 1. The first-order chi connectivity index (χ1) is 24.7. The SMILES string of the molecule is C=C1CC2CC[C@@]34C[C@H]5OC6C(OC7CCC(CC(=O)CC8C(CC9OC(CCC1O2)C[C@@H](C)C9=C)OC(C[C@H]1CO1)[C@@H]8OC)O[C@@H]7C6O3)C5O4. The van der Waals surface area contributed by atoms with E-state index in [-0.39, 0.29) is 109 Å². The number of hydrogen-bond acceptors (Lipinski definition) is 11. The van der Waals surface area contributed by atoms with Crippen LogP contribution < -0.4 is 0 Å². The smallest absolute Gasteiger partial charge is 0.172 e. The van der Waals surface area contributed by atoms with Crippen molar-refractivity contribution < 1.29 is 52.2 Å². The standard InChI is InChI=1S/C40H56O11/c1-19-11-23-5-7-28-20(2)12-25(44-28)9-10-40-17-33-36(50-40)37-38(49-33)39(51-40)35-29(48-37)8-6-24(46-35)13-22(41)14-27-31(16-30(45-23)21(19)3)47-32(34(27)42-4)15-26-18-43-26/h19,23-39H,2-3,5-18H2,1,4H3/t19-,23?,24?,25?,26+,27?,28?,29?,30?,31?,32?,33-,34-,35+,36?,37?,38?,39?,40+/m1/s1. The minimum Gasteiger partial charge on any atom is -0.378 e. The Morgan fingerprint density at radius 2 is 1.51 bits per heavy atom. The molecule has 51 heavy (non-hydrogen) atoms. The third-order valence-electron chi connectivity index (χ3n) is 14.1. The predicted molar refractivity (Wildman–Crippen MR) is 181 cm³/mol. The monoisotopic (exact) mass is 712 g/mol. The Morgan fingerprint density at radius 3 is 2.35 bits per heavy atom. The molecule has 12 bridgehead atoms. The summed E-state index contributed by atoms with van der Waals surface area (Å²) >= 11 is 0.